The molecule has 0 aliphatic heterocycles. The van der Waals surface area contributed by atoms with Gasteiger partial charge in [0.05, 0.1) is 6.42 Å². The van der Waals surface area contributed by atoms with E-state index in [0.29, 0.717) is 6.42 Å². The summed E-state index contributed by atoms with van der Waals surface area (Å²) in [6.07, 6.45) is 71.4. The Morgan fingerprint density at radius 1 is 0.365 bits per heavy atom. The molecule has 0 aromatic heterocycles. The van der Waals surface area contributed by atoms with Crippen molar-refractivity contribution in [2.45, 2.75) is 181 Å². The number of carbonyl (C=O) groups is 3. The molecule has 1 unspecified atom stereocenters. The van der Waals surface area contributed by atoms with Crippen LogP contribution in [0.2, 0.25) is 0 Å². The molecule has 0 N–H and O–H groups in total. The smallest absolute Gasteiger partial charge is 0.309 e. The maximum absolute atomic E-state index is 12.8. The summed E-state index contributed by atoms with van der Waals surface area (Å²) in [7, 11) is 0. The SMILES string of the molecule is CC\C=C/C=C\C=C/C=C\C=C\C=C/C=C\CCCCCC(=O)OCC(COC(=O)C/C=C\C/C=C\C/C=C\CC)OC(=O)CCCCCCCCC/C=C\C/C=C\CCCCC. The van der Waals surface area contributed by atoms with Crippen LogP contribution in [0.25, 0.3) is 0 Å². The van der Waals surface area contributed by atoms with E-state index in [1.165, 1.54) is 44.9 Å². The van der Waals surface area contributed by atoms with Gasteiger partial charge in [-0.3, -0.25) is 14.4 Å². The minimum Gasteiger partial charge on any atom is -0.462 e. The molecular weight excluding hydrogens is 781 g/mol. The van der Waals surface area contributed by atoms with Gasteiger partial charge in [-0.2, -0.15) is 0 Å². The highest BCUT2D eigenvalue weighted by atomic mass is 16.6. The number of allylic oxidation sites excluding steroid dienone is 23. The normalized spacial score (nSPS) is 13.4. The predicted octanol–water partition coefficient (Wildman–Crippen LogP) is 16.1. The van der Waals surface area contributed by atoms with E-state index in [1.54, 1.807) is 6.08 Å². The van der Waals surface area contributed by atoms with Crippen LogP contribution >= 0.6 is 0 Å². The second-order valence-electron chi connectivity index (χ2n) is 15.5. The van der Waals surface area contributed by atoms with Gasteiger partial charge in [-0.05, 0) is 83.5 Å². The first-order valence-electron chi connectivity index (χ1n) is 24.4. The minimum atomic E-state index is -0.842. The Bertz CT molecular complexity index is 1460. The lowest BCUT2D eigenvalue weighted by Crippen LogP contribution is -2.30. The molecule has 0 amide bonds. The average molecular weight is 867 g/mol. The predicted molar refractivity (Wildman–Crippen MR) is 269 cm³/mol. The van der Waals surface area contributed by atoms with E-state index in [1.807, 2.05) is 79.0 Å². The molecular formula is C57H86O6. The summed E-state index contributed by atoms with van der Waals surface area (Å²) in [6.45, 7) is 6.17. The molecule has 6 nitrogen and oxygen atoms in total. The highest BCUT2D eigenvalue weighted by Gasteiger charge is 2.19. The maximum Gasteiger partial charge on any atom is 0.309 e. The summed E-state index contributed by atoms with van der Waals surface area (Å²) in [5.41, 5.74) is 0. The Balaban J connectivity index is 4.54. The fourth-order valence-corrected chi connectivity index (χ4v) is 5.93. The molecule has 0 bridgehead atoms. The van der Waals surface area contributed by atoms with Crippen molar-refractivity contribution in [2.75, 3.05) is 13.2 Å². The van der Waals surface area contributed by atoms with Crippen LogP contribution in [0, 0.1) is 0 Å². The lowest BCUT2D eigenvalue weighted by atomic mass is 10.1. The molecule has 0 heterocycles. The first-order chi connectivity index (χ1) is 31.0. The quantitative estimate of drug-likeness (QED) is 0.0200. The topological polar surface area (TPSA) is 78.9 Å². The van der Waals surface area contributed by atoms with E-state index in [2.05, 4.69) is 81.5 Å². The van der Waals surface area contributed by atoms with Crippen LogP contribution in [-0.2, 0) is 28.6 Å². The zero-order chi connectivity index (χ0) is 45.8. The number of rotatable bonds is 41. The summed E-state index contributed by atoms with van der Waals surface area (Å²) >= 11 is 0. The van der Waals surface area contributed by atoms with Gasteiger partial charge in [0, 0.05) is 12.8 Å². The number of unbranched alkanes of at least 4 members (excludes halogenated alkanes) is 13. The molecule has 0 aliphatic carbocycles. The summed E-state index contributed by atoms with van der Waals surface area (Å²) in [6, 6.07) is 0. The minimum absolute atomic E-state index is 0.117. The Morgan fingerprint density at radius 2 is 0.762 bits per heavy atom. The van der Waals surface area contributed by atoms with Crippen molar-refractivity contribution < 1.29 is 28.6 Å². The average Bonchev–Trinajstić information content (AvgIpc) is 3.28. The van der Waals surface area contributed by atoms with E-state index in [-0.39, 0.29) is 44.4 Å². The van der Waals surface area contributed by atoms with Gasteiger partial charge in [0.1, 0.15) is 13.2 Å². The molecule has 0 aromatic rings. The summed E-state index contributed by atoms with van der Waals surface area (Å²) in [5, 5.41) is 0. The Labute approximate surface area is 385 Å². The largest absolute Gasteiger partial charge is 0.462 e. The number of esters is 3. The van der Waals surface area contributed by atoms with Crippen LogP contribution in [-0.4, -0.2) is 37.2 Å². The second kappa shape index (κ2) is 49.9. The monoisotopic (exact) mass is 867 g/mol. The summed E-state index contributed by atoms with van der Waals surface area (Å²) < 4.78 is 16.6. The second-order valence-corrected chi connectivity index (χ2v) is 15.5. The highest BCUT2D eigenvalue weighted by molar-refractivity contribution is 5.72. The van der Waals surface area contributed by atoms with Crippen molar-refractivity contribution >= 4 is 17.9 Å². The summed E-state index contributed by atoms with van der Waals surface area (Å²) in [5.74, 6) is -1.13. The number of carbonyl (C=O) groups excluding carboxylic acids is 3. The standard InChI is InChI=1S/C57H86O6/c1-4-7-10-13-16-19-21-23-25-27-28-30-31-33-35-38-41-44-47-50-56(59)62-53-54(52-61-55(58)49-46-43-40-37-18-15-12-9-6-3)63-57(60)51-48-45-42-39-36-34-32-29-26-24-22-20-17-14-11-8-5-2/h7,9-10,12-13,16-21,23-28,30-31,33,35,37,43,46,54H,4-6,8,11,14-15,22,29,32,34,36,38-42,44-45,47-53H2,1-3H3/b10-7-,12-9-,16-13-,20-17-,21-19-,25-23-,26-24-,28-27+,31-30-,35-33-,37-18-,46-43-. The van der Waals surface area contributed by atoms with Crippen LogP contribution in [0.15, 0.2) is 146 Å². The van der Waals surface area contributed by atoms with Crippen molar-refractivity contribution in [1.82, 2.24) is 0 Å². The van der Waals surface area contributed by atoms with E-state index < -0.39 is 12.1 Å². The molecule has 0 saturated heterocycles. The molecule has 0 aliphatic rings. The third-order valence-corrected chi connectivity index (χ3v) is 9.54. The third kappa shape index (κ3) is 48.2. The zero-order valence-electron chi connectivity index (χ0n) is 39.8. The molecule has 63 heavy (non-hydrogen) atoms. The van der Waals surface area contributed by atoms with Crippen molar-refractivity contribution in [3.05, 3.63) is 146 Å². The molecule has 1 atom stereocenters. The fourth-order valence-electron chi connectivity index (χ4n) is 5.93. The molecule has 0 aromatic carbocycles. The number of ether oxygens (including phenoxy) is 3. The molecule has 0 spiro atoms. The van der Waals surface area contributed by atoms with Crippen molar-refractivity contribution in [3.8, 4) is 0 Å². The van der Waals surface area contributed by atoms with Crippen LogP contribution in [0.1, 0.15) is 175 Å². The van der Waals surface area contributed by atoms with Gasteiger partial charge in [0.25, 0.3) is 0 Å². The van der Waals surface area contributed by atoms with Crippen molar-refractivity contribution in [3.63, 3.8) is 0 Å². The molecule has 350 valence electrons. The van der Waals surface area contributed by atoms with Gasteiger partial charge in [-0.25, -0.2) is 0 Å². The van der Waals surface area contributed by atoms with Gasteiger partial charge >= 0.3 is 17.9 Å². The lowest BCUT2D eigenvalue weighted by molar-refractivity contribution is -0.166. The van der Waals surface area contributed by atoms with E-state index >= 15 is 0 Å². The maximum atomic E-state index is 12.8. The van der Waals surface area contributed by atoms with Gasteiger partial charge in [-0.15, -0.1) is 0 Å². The van der Waals surface area contributed by atoms with Crippen molar-refractivity contribution in [2.24, 2.45) is 0 Å². The van der Waals surface area contributed by atoms with E-state index in [9.17, 15) is 14.4 Å². The fraction of sp³-hybridized carbons (Fsp3) is 0.526. The Hall–Kier alpha value is -4.71. The zero-order valence-corrected chi connectivity index (χ0v) is 39.8. The third-order valence-electron chi connectivity index (χ3n) is 9.54. The van der Waals surface area contributed by atoms with Crippen LogP contribution in [0.4, 0.5) is 0 Å². The van der Waals surface area contributed by atoms with Crippen LogP contribution in [0.3, 0.4) is 0 Å². The summed E-state index contributed by atoms with van der Waals surface area (Å²) in [4.78, 5) is 37.8. The first-order valence-corrected chi connectivity index (χ1v) is 24.4. The molecule has 0 radical (unpaired) electrons. The van der Waals surface area contributed by atoms with Gasteiger partial charge < -0.3 is 14.2 Å². The first kappa shape index (κ1) is 58.3. The van der Waals surface area contributed by atoms with Crippen LogP contribution in [0.5, 0.6) is 0 Å². The van der Waals surface area contributed by atoms with Crippen molar-refractivity contribution in [1.29, 1.82) is 0 Å². The van der Waals surface area contributed by atoms with Gasteiger partial charge in [0.15, 0.2) is 6.10 Å². The number of hydrogen-bond donors (Lipinski definition) is 0. The number of hydrogen-bond acceptors (Lipinski definition) is 6. The molecule has 6 heteroatoms. The highest BCUT2D eigenvalue weighted by Crippen LogP contribution is 2.12. The van der Waals surface area contributed by atoms with E-state index in [4.69, 9.17) is 14.2 Å². The molecule has 0 fully saturated rings. The van der Waals surface area contributed by atoms with Gasteiger partial charge in [-0.1, -0.05) is 218 Å². The van der Waals surface area contributed by atoms with Crippen LogP contribution < -0.4 is 0 Å². The molecule has 0 rings (SSSR count). The Kier molecular flexibility index (Phi) is 46.2. The van der Waals surface area contributed by atoms with E-state index in [0.717, 1.165) is 83.5 Å². The lowest BCUT2D eigenvalue weighted by Gasteiger charge is -2.18. The Morgan fingerprint density at radius 3 is 1.32 bits per heavy atom. The van der Waals surface area contributed by atoms with Gasteiger partial charge in [0.2, 0.25) is 0 Å². The molecule has 0 saturated carbocycles.